The van der Waals surface area contributed by atoms with Gasteiger partial charge in [0, 0.05) is 28.8 Å². The number of carbonyl (C=O) groups is 3. The maximum Gasteiger partial charge on any atom is 0.332 e. The number of anilines is 1. The summed E-state index contributed by atoms with van der Waals surface area (Å²) in [7, 11) is 0. The summed E-state index contributed by atoms with van der Waals surface area (Å²) in [6.45, 7) is 2.52. The molecule has 38 heavy (non-hydrogen) atoms. The van der Waals surface area contributed by atoms with Crippen molar-refractivity contribution in [3.8, 4) is 0 Å². The van der Waals surface area contributed by atoms with Gasteiger partial charge in [0.2, 0.25) is 5.91 Å². The van der Waals surface area contributed by atoms with E-state index in [-0.39, 0.29) is 18.5 Å². The zero-order valence-corrected chi connectivity index (χ0v) is 22.8. The molecule has 2 N–H and O–H groups in total. The van der Waals surface area contributed by atoms with E-state index in [1.807, 2.05) is 72.8 Å². The Morgan fingerprint density at radius 2 is 1.55 bits per heavy atom. The number of nitrogens with two attached hydrogens (primary N) is 1. The largest absolute Gasteiger partial charge is 0.366 e. The van der Waals surface area contributed by atoms with Crippen molar-refractivity contribution in [1.82, 2.24) is 9.80 Å². The highest BCUT2D eigenvalue weighted by Crippen LogP contribution is 2.41. The number of imide groups is 1. The fourth-order valence-corrected chi connectivity index (χ4v) is 5.90. The van der Waals surface area contributed by atoms with E-state index in [4.69, 9.17) is 5.73 Å². The zero-order chi connectivity index (χ0) is 26.7. The van der Waals surface area contributed by atoms with Gasteiger partial charge in [-0.25, -0.2) is 4.79 Å². The van der Waals surface area contributed by atoms with Crippen LogP contribution in [0.1, 0.15) is 40.7 Å². The minimum Gasteiger partial charge on any atom is -0.366 e. The molecule has 0 aliphatic carbocycles. The van der Waals surface area contributed by atoms with Crippen molar-refractivity contribution in [3.05, 3.63) is 100 Å². The van der Waals surface area contributed by atoms with Gasteiger partial charge in [0.25, 0.3) is 5.91 Å². The van der Waals surface area contributed by atoms with Gasteiger partial charge in [-0.1, -0.05) is 64.5 Å². The summed E-state index contributed by atoms with van der Waals surface area (Å²) >= 11 is 3.44. The quantitative estimate of drug-likeness (QED) is 0.384. The van der Waals surface area contributed by atoms with Gasteiger partial charge in [-0.2, -0.15) is 0 Å². The number of hydrogen-bond acceptors (Lipinski definition) is 4. The smallest absolute Gasteiger partial charge is 0.332 e. The lowest BCUT2D eigenvalue weighted by Crippen LogP contribution is -2.57. The van der Waals surface area contributed by atoms with Crippen molar-refractivity contribution >= 4 is 39.5 Å². The number of benzene rings is 3. The van der Waals surface area contributed by atoms with Crippen LogP contribution in [0.25, 0.3) is 0 Å². The molecule has 0 aromatic heterocycles. The molecule has 3 aromatic rings. The second kappa shape index (κ2) is 11.1. The average Bonchev–Trinajstić information content (AvgIpc) is 3.12. The summed E-state index contributed by atoms with van der Waals surface area (Å²) < 4.78 is 0.952. The molecule has 4 amide bonds. The molecule has 3 aromatic carbocycles. The predicted molar refractivity (Wildman–Crippen MR) is 151 cm³/mol. The van der Waals surface area contributed by atoms with E-state index in [1.54, 1.807) is 11.0 Å². The Hall–Kier alpha value is -3.49. The molecular formula is C30H31BrN4O3. The number of halogens is 1. The lowest BCUT2D eigenvalue weighted by molar-refractivity contribution is -0.132. The van der Waals surface area contributed by atoms with Crippen LogP contribution in [0.15, 0.2) is 83.3 Å². The predicted octanol–water partition coefficient (Wildman–Crippen LogP) is 4.98. The number of hydrogen-bond donors (Lipinski definition) is 1. The number of rotatable bonds is 8. The van der Waals surface area contributed by atoms with E-state index in [2.05, 4.69) is 20.8 Å². The fraction of sp³-hybridized carbons (Fsp3) is 0.300. The van der Waals surface area contributed by atoms with Gasteiger partial charge >= 0.3 is 6.03 Å². The van der Waals surface area contributed by atoms with E-state index in [9.17, 15) is 14.4 Å². The van der Waals surface area contributed by atoms with Crippen LogP contribution in [0, 0.1) is 0 Å². The van der Waals surface area contributed by atoms with Gasteiger partial charge in [-0.05, 0) is 73.7 Å². The Bertz CT molecular complexity index is 1320. The third kappa shape index (κ3) is 5.11. The van der Waals surface area contributed by atoms with Crippen LogP contribution in [0.2, 0.25) is 0 Å². The van der Waals surface area contributed by atoms with Crippen molar-refractivity contribution in [2.75, 3.05) is 24.5 Å². The minimum atomic E-state index is -0.886. The summed E-state index contributed by atoms with van der Waals surface area (Å²) in [6, 6.07) is 24.4. The highest BCUT2D eigenvalue weighted by Gasteiger charge is 2.58. The lowest BCUT2D eigenvalue weighted by Gasteiger charge is -2.42. The Morgan fingerprint density at radius 1 is 0.895 bits per heavy atom. The van der Waals surface area contributed by atoms with Gasteiger partial charge in [-0.15, -0.1) is 0 Å². The van der Waals surface area contributed by atoms with Gasteiger partial charge in [0.15, 0.2) is 0 Å². The lowest BCUT2D eigenvalue weighted by atomic mass is 9.85. The van der Waals surface area contributed by atoms with Crippen LogP contribution >= 0.6 is 15.9 Å². The third-order valence-corrected chi connectivity index (χ3v) is 8.18. The molecule has 5 rings (SSSR count). The van der Waals surface area contributed by atoms with Gasteiger partial charge in [0.1, 0.15) is 5.54 Å². The first-order chi connectivity index (χ1) is 18.4. The average molecular weight is 576 g/mol. The van der Waals surface area contributed by atoms with E-state index >= 15 is 0 Å². The first-order valence-electron chi connectivity index (χ1n) is 12.9. The number of nitrogens with zero attached hydrogens (tertiary/aromatic N) is 3. The molecule has 2 aliphatic heterocycles. The van der Waals surface area contributed by atoms with Crippen LogP contribution in [0.3, 0.4) is 0 Å². The topological polar surface area (TPSA) is 87.0 Å². The highest BCUT2D eigenvalue weighted by atomic mass is 79.9. The minimum absolute atomic E-state index is 0.121. The summed E-state index contributed by atoms with van der Waals surface area (Å²) in [5, 5.41) is 0. The standard InChI is InChI=1S/C30H31BrN4O3/c31-24-14-12-22(13-15-24)21-34-28(37)30(35(29(34)38)25-9-2-1-3-10-25)16-19-33(20-17-30)18-6-8-23-7-4-5-11-26(23)27(32)36/h1-5,7,9-15H,6,8,16-21H2,(H2,32,36). The molecule has 1 spiro atoms. The maximum absolute atomic E-state index is 13.9. The van der Waals surface area contributed by atoms with Crippen molar-refractivity contribution in [2.45, 2.75) is 37.8 Å². The van der Waals surface area contributed by atoms with Crippen LogP contribution < -0.4 is 10.6 Å². The van der Waals surface area contributed by atoms with Crippen molar-refractivity contribution in [3.63, 3.8) is 0 Å². The molecule has 0 saturated carbocycles. The number of piperidine rings is 1. The molecule has 0 atom stereocenters. The zero-order valence-electron chi connectivity index (χ0n) is 21.2. The third-order valence-electron chi connectivity index (χ3n) is 7.65. The van der Waals surface area contributed by atoms with Crippen LogP contribution in [-0.2, 0) is 17.8 Å². The molecule has 8 heteroatoms. The van der Waals surface area contributed by atoms with Crippen LogP contribution in [-0.4, -0.2) is 52.8 Å². The van der Waals surface area contributed by atoms with Crippen molar-refractivity contribution in [2.24, 2.45) is 5.73 Å². The van der Waals surface area contributed by atoms with Crippen LogP contribution in [0.4, 0.5) is 10.5 Å². The summed E-state index contributed by atoms with van der Waals surface area (Å²) in [5.41, 5.74) is 7.84. The summed E-state index contributed by atoms with van der Waals surface area (Å²) in [5.74, 6) is -0.525. The number of carbonyl (C=O) groups excluding carboxylic acids is 3. The van der Waals surface area contributed by atoms with Gasteiger partial charge < -0.3 is 10.6 Å². The molecule has 2 fully saturated rings. The molecular weight excluding hydrogens is 544 g/mol. The Morgan fingerprint density at radius 3 is 2.24 bits per heavy atom. The number of aryl methyl sites for hydroxylation is 1. The Kier molecular flexibility index (Phi) is 7.63. The highest BCUT2D eigenvalue weighted by molar-refractivity contribution is 9.10. The van der Waals surface area contributed by atoms with Gasteiger partial charge in [-0.3, -0.25) is 19.4 Å². The molecule has 0 radical (unpaired) electrons. The fourth-order valence-electron chi connectivity index (χ4n) is 5.64. The Balaban J connectivity index is 1.30. The molecule has 2 heterocycles. The molecule has 2 saturated heterocycles. The number of para-hydroxylation sites is 1. The summed E-state index contributed by atoms with van der Waals surface area (Å²) in [6.07, 6.45) is 2.78. The molecule has 2 aliphatic rings. The first-order valence-corrected chi connectivity index (χ1v) is 13.7. The monoisotopic (exact) mass is 574 g/mol. The molecule has 0 bridgehead atoms. The first kappa shape index (κ1) is 26.1. The number of urea groups is 1. The summed E-state index contributed by atoms with van der Waals surface area (Å²) in [4.78, 5) is 44.9. The van der Waals surface area contributed by atoms with Gasteiger partial charge in [0.05, 0.1) is 6.54 Å². The van der Waals surface area contributed by atoms with Crippen molar-refractivity contribution < 1.29 is 14.4 Å². The van der Waals surface area contributed by atoms with E-state index in [1.165, 1.54) is 4.90 Å². The number of primary amides is 1. The molecule has 0 unspecified atom stereocenters. The maximum atomic E-state index is 13.9. The van der Waals surface area contributed by atoms with Crippen LogP contribution in [0.5, 0.6) is 0 Å². The Labute approximate surface area is 231 Å². The molecule has 7 nitrogen and oxygen atoms in total. The second-order valence-electron chi connectivity index (χ2n) is 9.97. The second-order valence-corrected chi connectivity index (χ2v) is 10.9. The van der Waals surface area contributed by atoms with E-state index in [0.29, 0.717) is 31.5 Å². The number of amides is 4. The molecule has 196 valence electrons. The van der Waals surface area contributed by atoms with E-state index in [0.717, 1.165) is 40.7 Å². The SMILES string of the molecule is NC(=O)c1ccccc1CCCN1CCC2(CC1)C(=O)N(Cc1ccc(Br)cc1)C(=O)N2c1ccccc1. The van der Waals surface area contributed by atoms with Crippen molar-refractivity contribution in [1.29, 1.82) is 0 Å². The normalized spacial score (nSPS) is 17.4. The number of likely N-dealkylation sites (tertiary alicyclic amines) is 1. The van der Waals surface area contributed by atoms with E-state index < -0.39 is 11.4 Å².